The van der Waals surface area contributed by atoms with Crippen molar-refractivity contribution in [2.45, 2.75) is 57.8 Å². The van der Waals surface area contributed by atoms with Crippen LogP contribution in [0.5, 0.6) is 0 Å². The standard InChI is InChI=1S/C46H46N4O10/c1-28(51)58-42(30-14-6-4-7-15-30)45(55)47-36-26-32(49-22-10-11-23-49)18-20-34(36)38-40(53)41(54)39(44(38)60-57-3)35-21-19-33(50-24-12-13-25-50)27-37(35)48-46(56)43(59-29(2)52)31-16-8-5-9-17-31/h4-9,14-21,26-27,32,42-43H,10-13,22-25H2,1-3H3,(H,47,55)(H,48,56)/b38-34-. The Morgan fingerprint density at radius 1 is 0.700 bits per heavy atom. The first-order valence-corrected chi connectivity index (χ1v) is 19.9. The Morgan fingerprint density at radius 3 is 1.82 bits per heavy atom. The number of likely N-dealkylation sites (tertiary alicyclic amines) is 1. The molecule has 60 heavy (non-hydrogen) atoms. The highest BCUT2D eigenvalue weighted by molar-refractivity contribution is 6.63. The van der Waals surface area contributed by atoms with Gasteiger partial charge in [-0.05, 0) is 63.0 Å². The normalized spacial score (nSPS) is 20.1. The van der Waals surface area contributed by atoms with Gasteiger partial charge in [0, 0.05) is 66.6 Å². The smallest absolute Gasteiger partial charge is 0.303 e. The van der Waals surface area contributed by atoms with E-state index in [4.69, 9.17) is 19.2 Å². The molecule has 2 N–H and O–H groups in total. The van der Waals surface area contributed by atoms with Crippen molar-refractivity contribution in [1.82, 2.24) is 10.2 Å². The molecule has 4 aliphatic rings. The first-order valence-electron chi connectivity index (χ1n) is 19.9. The molecule has 2 saturated heterocycles. The van der Waals surface area contributed by atoms with E-state index in [1.807, 2.05) is 6.08 Å². The lowest BCUT2D eigenvalue weighted by molar-refractivity contribution is -0.233. The van der Waals surface area contributed by atoms with Gasteiger partial charge in [-0.1, -0.05) is 72.8 Å². The second kappa shape index (κ2) is 18.5. The van der Waals surface area contributed by atoms with Crippen LogP contribution in [0.3, 0.4) is 0 Å². The van der Waals surface area contributed by atoms with Crippen LogP contribution in [-0.2, 0) is 48.0 Å². The molecule has 3 atom stereocenters. The first-order chi connectivity index (χ1) is 29.0. The zero-order chi connectivity index (χ0) is 42.3. The Morgan fingerprint density at radius 2 is 1.25 bits per heavy atom. The summed E-state index contributed by atoms with van der Waals surface area (Å²) in [6.45, 7) is 5.57. The van der Waals surface area contributed by atoms with E-state index in [0.717, 1.165) is 57.5 Å². The third-order valence-electron chi connectivity index (χ3n) is 10.7. The van der Waals surface area contributed by atoms with Crippen LogP contribution in [0.4, 0.5) is 11.4 Å². The van der Waals surface area contributed by atoms with Gasteiger partial charge in [-0.15, -0.1) is 0 Å². The van der Waals surface area contributed by atoms with Gasteiger partial charge in [-0.3, -0.25) is 33.7 Å². The minimum atomic E-state index is -1.34. The van der Waals surface area contributed by atoms with E-state index >= 15 is 0 Å². The Bertz CT molecular complexity index is 2300. The van der Waals surface area contributed by atoms with Crippen molar-refractivity contribution in [3.63, 3.8) is 0 Å². The maximum absolute atomic E-state index is 14.4. The molecule has 2 aliphatic carbocycles. The van der Waals surface area contributed by atoms with E-state index in [9.17, 15) is 28.8 Å². The summed E-state index contributed by atoms with van der Waals surface area (Å²) < 4.78 is 11.0. The second-order valence-electron chi connectivity index (χ2n) is 14.8. The first kappa shape index (κ1) is 41.5. The molecule has 2 amide bonds. The summed E-state index contributed by atoms with van der Waals surface area (Å²) in [5.74, 6) is -4.87. The molecular formula is C46H46N4O10. The zero-order valence-corrected chi connectivity index (χ0v) is 33.6. The van der Waals surface area contributed by atoms with Crippen LogP contribution in [0.1, 0.15) is 68.4 Å². The molecule has 0 aromatic heterocycles. The molecule has 14 heteroatoms. The number of carbonyl (C=O) groups excluding carboxylic acids is 6. The van der Waals surface area contributed by atoms with Gasteiger partial charge >= 0.3 is 11.9 Å². The fourth-order valence-corrected chi connectivity index (χ4v) is 7.96. The van der Waals surface area contributed by atoms with Gasteiger partial charge in [-0.25, -0.2) is 0 Å². The lowest BCUT2D eigenvalue weighted by Gasteiger charge is -2.28. The maximum Gasteiger partial charge on any atom is 0.303 e. The number of Topliss-reactive ketones (excluding diaryl/α,β-unsaturated/α-hetero) is 2. The molecule has 2 aliphatic heterocycles. The number of hydrogen-bond donors (Lipinski definition) is 2. The van der Waals surface area contributed by atoms with Gasteiger partial charge in [0.05, 0.1) is 23.9 Å². The van der Waals surface area contributed by atoms with Gasteiger partial charge in [0.25, 0.3) is 11.8 Å². The summed E-state index contributed by atoms with van der Waals surface area (Å²) in [5.41, 5.74) is 1.87. The quantitative estimate of drug-likeness (QED) is 0.0721. The predicted molar refractivity (Wildman–Crippen MR) is 220 cm³/mol. The van der Waals surface area contributed by atoms with Crippen LogP contribution in [0, 0.1) is 0 Å². The summed E-state index contributed by atoms with van der Waals surface area (Å²) in [7, 11) is 1.23. The minimum Gasteiger partial charge on any atom is -0.447 e. The van der Waals surface area contributed by atoms with Gasteiger partial charge in [-0.2, -0.15) is 4.89 Å². The monoisotopic (exact) mass is 814 g/mol. The summed E-state index contributed by atoms with van der Waals surface area (Å²) >= 11 is 0. The number of anilines is 2. The number of benzene rings is 3. The zero-order valence-electron chi connectivity index (χ0n) is 33.6. The van der Waals surface area contributed by atoms with Crippen LogP contribution < -0.4 is 15.5 Å². The number of allylic oxidation sites excluding steroid dienone is 3. The van der Waals surface area contributed by atoms with Crippen LogP contribution >= 0.6 is 0 Å². The number of amides is 2. The molecular weight excluding hydrogens is 769 g/mol. The molecule has 0 radical (unpaired) electrons. The maximum atomic E-state index is 14.4. The minimum absolute atomic E-state index is 0.144. The fraction of sp³-hybridized carbons (Fsp3) is 0.304. The number of nitrogens with zero attached hydrogens (tertiary/aromatic N) is 2. The molecule has 0 spiro atoms. The van der Waals surface area contributed by atoms with E-state index < -0.39 is 47.5 Å². The highest BCUT2D eigenvalue weighted by Crippen LogP contribution is 2.42. The topological polar surface area (TPSA) is 170 Å². The molecule has 0 bridgehead atoms. The molecule has 2 fully saturated rings. The number of carbonyl (C=O) groups is 6. The summed E-state index contributed by atoms with van der Waals surface area (Å²) in [5, 5.41) is 5.78. The average molecular weight is 815 g/mol. The van der Waals surface area contributed by atoms with Crippen molar-refractivity contribution in [2.75, 3.05) is 43.5 Å². The molecule has 7 rings (SSSR count). The fourth-order valence-electron chi connectivity index (χ4n) is 7.96. The van der Waals surface area contributed by atoms with Crippen molar-refractivity contribution in [2.24, 2.45) is 0 Å². The highest BCUT2D eigenvalue weighted by atomic mass is 17.2. The summed E-state index contributed by atoms with van der Waals surface area (Å²) in [4.78, 5) is 96.6. The van der Waals surface area contributed by atoms with Gasteiger partial charge in [0.1, 0.15) is 0 Å². The molecule has 2 heterocycles. The Kier molecular flexibility index (Phi) is 12.8. The van der Waals surface area contributed by atoms with Gasteiger partial charge in [0.15, 0.2) is 5.76 Å². The third-order valence-corrected chi connectivity index (χ3v) is 10.7. The number of ketones is 2. The van der Waals surface area contributed by atoms with Crippen molar-refractivity contribution in [3.05, 3.63) is 136 Å². The van der Waals surface area contributed by atoms with E-state index in [0.29, 0.717) is 11.1 Å². The molecule has 310 valence electrons. The molecule has 3 aromatic carbocycles. The lowest BCUT2D eigenvalue weighted by Crippen LogP contribution is -2.36. The van der Waals surface area contributed by atoms with Crippen LogP contribution in [-0.4, -0.2) is 79.6 Å². The van der Waals surface area contributed by atoms with E-state index in [2.05, 4.69) is 20.4 Å². The molecule has 0 saturated carbocycles. The van der Waals surface area contributed by atoms with Crippen LogP contribution in [0.25, 0.3) is 5.57 Å². The second-order valence-corrected chi connectivity index (χ2v) is 14.8. The Hall–Kier alpha value is -6.64. The number of esters is 2. The SMILES string of the molecule is COOC1=C(c2ccc(N3CCCC3)cc2NC(=O)C(OC(C)=O)c2ccccc2)C(=O)C(=O)/C1=C1\C=CC(N2CCCC2)C=C1NC(=O)C(OC(C)=O)c1ccccc1. The van der Waals surface area contributed by atoms with Crippen LogP contribution in [0.2, 0.25) is 0 Å². The Balaban J connectivity index is 1.35. The van der Waals surface area contributed by atoms with Gasteiger partial charge in [0.2, 0.25) is 23.8 Å². The predicted octanol–water partition coefficient (Wildman–Crippen LogP) is 5.61. The number of hydrogen-bond acceptors (Lipinski definition) is 12. The van der Waals surface area contributed by atoms with E-state index in [1.165, 1.54) is 21.0 Å². The van der Waals surface area contributed by atoms with Crippen molar-refractivity contribution >= 4 is 52.3 Å². The third kappa shape index (κ3) is 8.99. The highest BCUT2D eigenvalue weighted by Gasteiger charge is 2.44. The van der Waals surface area contributed by atoms with Crippen molar-refractivity contribution in [1.29, 1.82) is 0 Å². The van der Waals surface area contributed by atoms with Crippen molar-refractivity contribution in [3.8, 4) is 0 Å². The van der Waals surface area contributed by atoms with Crippen LogP contribution in [0.15, 0.2) is 120 Å². The average Bonchev–Trinajstić information content (AvgIpc) is 4.03. The summed E-state index contributed by atoms with van der Waals surface area (Å²) in [6, 6.07) is 21.9. The number of rotatable bonds is 13. The van der Waals surface area contributed by atoms with Gasteiger partial charge < -0.3 is 29.9 Å². The Labute approximate surface area is 347 Å². The molecule has 3 aromatic rings. The molecule has 14 nitrogen and oxygen atoms in total. The number of nitrogens with one attached hydrogen (secondary N) is 2. The number of ether oxygens (including phenoxy) is 2. The largest absolute Gasteiger partial charge is 0.447 e. The lowest BCUT2D eigenvalue weighted by atomic mass is 9.94. The summed E-state index contributed by atoms with van der Waals surface area (Å²) in [6.07, 6.45) is 6.57. The van der Waals surface area contributed by atoms with E-state index in [1.54, 1.807) is 91.0 Å². The molecule has 3 unspecified atom stereocenters. The van der Waals surface area contributed by atoms with Crippen molar-refractivity contribution < 1.29 is 48.0 Å². The van der Waals surface area contributed by atoms with E-state index in [-0.39, 0.29) is 45.5 Å².